The molecule has 0 aromatic heterocycles. The summed E-state index contributed by atoms with van der Waals surface area (Å²) in [6.45, 7) is 1.64. The van der Waals surface area contributed by atoms with E-state index in [2.05, 4.69) is 5.32 Å². The molecule has 0 saturated carbocycles. The first kappa shape index (κ1) is 15.5. The van der Waals surface area contributed by atoms with Gasteiger partial charge in [0.2, 0.25) is 0 Å². The molecule has 1 rings (SSSR count). The first-order chi connectivity index (χ1) is 8.93. The van der Waals surface area contributed by atoms with Gasteiger partial charge >= 0.3 is 0 Å². The number of aliphatic hydroxyl groups is 1. The van der Waals surface area contributed by atoms with E-state index in [1.807, 2.05) is 0 Å². The Balaban J connectivity index is 2.91. The summed E-state index contributed by atoms with van der Waals surface area (Å²) < 4.78 is 31.5. The molecule has 1 aromatic carbocycles. The predicted octanol–water partition coefficient (Wildman–Crippen LogP) is 1.48. The van der Waals surface area contributed by atoms with Gasteiger partial charge in [0.15, 0.2) is 11.6 Å². The highest BCUT2D eigenvalue weighted by Gasteiger charge is 2.27. The maximum absolute atomic E-state index is 13.5. The van der Waals surface area contributed by atoms with E-state index in [-0.39, 0.29) is 25.2 Å². The highest BCUT2D eigenvalue weighted by molar-refractivity contribution is 5.95. The molecule has 106 valence electrons. The maximum atomic E-state index is 13.5. The van der Waals surface area contributed by atoms with Crippen LogP contribution in [0.3, 0.4) is 0 Å². The van der Waals surface area contributed by atoms with E-state index in [1.165, 1.54) is 19.2 Å². The predicted molar refractivity (Wildman–Crippen MR) is 65.8 cm³/mol. The molecular weight excluding hydrogens is 256 g/mol. The summed E-state index contributed by atoms with van der Waals surface area (Å²) in [5.74, 6) is -3.02. The van der Waals surface area contributed by atoms with Crippen molar-refractivity contribution in [2.24, 2.45) is 0 Å². The fourth-order valence-electron chi connectivity index (χ4n) is 1.76. The molecule has 1 amide bonds. The number of benzene rings is 1. The minimum Gasteiger partial charge on any atom is -0.396 e. The molecule has 0 fully saturated rings. The number of methoxy groups -OCH3 is 1. The van der Waals surface area contributed by atoms with Crippen LogP contribution in [0.25, 0.3) is 0 Å². The third kappa shape index (κ3) is 3.97. The first-order valence-electron chi connectivity index (χ1n) is 5.80. The van der Waals surface area contributed by atoms with E-state index in [9.17, 15) is 13.6 Å². The number of hydrogen-bond acceptors (Lipinski definition) is 3. The van der Waals surface area contributed by atoms with Crippen molar-refractivity contribution in [3.63, 3.8) is 0 Å². The van der Waals surface area contributed by atoms with Crippen LogP contribution in [0, 0.1) is 11.6 Å². The van der Waals surface area contributed by atoms with Crippen molar-refractivity contribution < 1.29 is 23.4 Å². The van der Waals surface area contributed by atoms with Crippen LogP contribution in [-0.4, -0.2) is 36.9 Å². The molecule has 19 heavy (non-hydrogen) atoms. The van der Waals surface area contributed by atoms with Crippen molar-refractivity contribution in [3.8, 4) is 0 Å². The second-order valence-corrected chi connectivity index (χ2v) is 4.52. The van der Waals surface area contributed by atoms with Crippen LogP contribution in [0.4, 0.5) is 8.78 Å². The molecule has 4 nitrogen and oxygen atoms in total. The summed E-state index contributed by atoms with van der Waals surface area (Å²) >= 11 is 0. The van der Waals surface area contributed by atoms with Gasteiger partial charge in [-0.2, -0.15) is 0 Å². The standard InChI is InChI=1S/C13H17F2NO3/c1-13(6-7-17,8-19-2)16-12(18)9-4-3-5-10(14)11(9)15/h3-5,17H,6-8H2,1-2H3,(H,16,18). The van der Waals surface area contributed by atoms with Gasteiger partial charge in [0, 0.05) is 13.7 Å². The second-order valence-electron chi connectivity index (χ2n) is 4.52. The maximum Gasteiger partial charge on any atom is 0.254 e. The lowest BCUT2D eigenvalue weighted by Crippen LogP contribution is -2.50. The molecule has 2 N–H and O–H groups in total. The molecular formula is C13H17F2NO3. The molecule has 0 bridgehead atoms. The Morgan fingerprint density at radius 1 is 1.47 bits per heavy atom. The van der Waals surface area contributed by atoms with Gasteiger partial charge in [-0.15, -0.1) is 0 Å². The molecule has 0 aliphatic carbocycles. The Morgan fingerprint density at radius 2 is 2.16 bits per heavy atom. The molecule has 0 aliphatic heterocycles. The van der Waals surface area contributed by atoms with Crippen molar-refractivity contribution in [1.82, 2.24) is 5.32 Å². The molecule has 1 unspecified atom stereocenters. The van der Waals surface area contributed by atoms with E-state index in [4.69, 9.17) is 9.84 Å². The molecule has 0 radical (unpaired) electrons. The number of aliphatic hydroxyl groups excluding tert-OH is 1. The van der Waals surface area contributed by atoms with Crippen molar-refractivity contribution in [1.29, 1.82) is 0 Å². The summed E-state index contributed by atoms with van der Waals surface area (Å²) in [7, 11) is 1.45. The summed E-state index contributed by atoms with van der Waals surface area (Å²) in [4.78, 5) is 11.9. The monoisotopic (exact) mass is 273 g/mol. The Bertz CT molecular complexity index is 446. The number of amides is 1. The minimum absolute atomic E-state index is 0.149. The van der Waals surface area contributed by atoms with Gasteiger partial charge in [0.1, 0.15) is 0 Å². The average Bonchev–Trinajstić information content (AvgIpc) is 2.32. The zero-order chi connectivity index (χ0) is 14.5. The van der Waals surface area contributed by atoms with Gasteiger partial charge < -0.3 is 15.2 Å². The lowest BCUT2D eigenvalue weighted by Gasteiger charge is -2.29. The lowest BCUT2D eigenvalue weighted by molar-refractivity contribution is 0.0721. The molecule has 0 heterocycles. The van der Waals surface area contributed by atoms with Crippen molar-refractivity contribution in [3.05, 3.63) is 35.4 Å². The van der Waals surface area contributed by atoms with Crippen molar-refractivity contribution in [2.75, 3.05) is 20.3 Å². The smallest absolute Gasteiger partial charge is 0.254 e. The Labute approximate surface area is 110 Å². The normalized spacial score (nSPS) is 13.9. The van der Waals surface area contributed by atoms with Crippen LogP contribution in [0.15, 0.2) is 18.2 Å². The number of carbonyl (C=O) groups is 1. The third-order valence-corrected chi connectivity index (χ3v) is 2.74. The Morgan fingerprint density at radius 3 is 2.74 bits per heavy atom. The number of rotatable bonds is 6. The fraction of sp³-hybridized carbons (Fsp3) is 0.462. The van der Waals surface area contributed by atoms with Gasteiger partial charge in [-0.25, -0.2) is 8.78 Å². The number of hydrogen-bond donors (Lipinski definition) is 2. The summed E-state index contributed by atoms with van der Waals surface area (Å²) in [6, 6.07) is 3.39. The number of halogens is 2. The molecule has 1 aromatic rings. The van der Waals surface area contributed by atoms with Gasteiger partial charge in [-0.05, 0) is 25.5 Å². The SMILES string of the molecule is COCC(C)(CCO)NC(=O)c1cccc(F)c1F. The zero-order valence-electron chi connectivity index (χ0n) is 10.9. The van der Waals surface area contributed by atoms with Gasteiger partial charge in [0.05, 0.1) is 17.7 Å². The number of ether oxygens (including phenoxy) is 1. The van der Waals surface area contributed by atoms with E-state index < -0.39 is 23.1 Å². The molecule has 6 heteroatoms. The average molecular weight is 273 g/mol. The van der Waals surface area contributed by atoms with Crippen LogP contribution in [0.5, 0.6) is 0 Å². The zero-order valence-corrected chi connectivity index (χ0v) is 10.9. The topological polar surface area (TPSA) is 58.6 Å². The van der Waals surface area contributed by atoms with Gasteiger partial charge in [0.25, 0.3) is 5.91 Å². The lowest BCUT2D eigenvalue weighted by atomic mass is 9.98. The highest BCUT2D eigenvalue weighted by atomic mass is 19.2. The largest absolute Gasteiger partial charge is 0.396 e. The molecule has 1 atom stereocenters. The Hall–Kier alpha value is -1.53. The summed E-state index contributed by atoms with van der Waals surface area (Å²) in [6.07, 6.45) is 0.240. The Kier molecular flexibility index (Phi) is 5.38. The quantitative estimate of drug-likeness (QED) is 0.825. The summed E-state index contributed by atoms with van der Waals surface area (Å²) in [5, 5.41) is 11.5. The van der Waals surface area contributed by atoms with Crippen LogP contribution in [0.1, 0.15) is 23.7 Å². The molecule has 0 saturated heterocycles. The number of carbonyl (C=O) groups excluding carboxylic acids is 1. The van der Waals surface area contributed by atoms with E-state index in [1.54, 1.807) is 6.92 Å². The fourth-order valence-corrected chi connectivity index (χ4v) is 1.76. The van der Waals surface area contributed by atoms with Crippen LogP contribution < -0.4 is 5.32 Å². The van der Waals surface area contributed by atoms with Crippen molar-refractivity contribution >= 4 is 5.91 Å². The van der Waals surface area contributed by atoms with E-state index in [0.29, 0.717) is 0 Å². The van der Waals surface area contributed by atoms with E-state index in [0.717, 1.165) is 6.07 Å². The third-order valence-electron chi connectivity index (χ3n) is 2.74. The molecule has 0 spiro atoms. The minimum atomic E-state index is -1.19. The van der Waals surface area contributed by atoms with Crippen LogP contribution in [-0.2, 0) is 4.74 Å². The van der Waals surface area contributed by atoms with Gasteiger partial charge in [-0.1, -0.05) is 6.07 Å². The van der Waals surface area contributed by atoms with E-state index >= 15 is 0 Å². The first-order valence-corrected chi connectivity index (χ1v) is 5.80. The number of nitrogens with one attached hydrogen (secondary N) is 1. The molecule has 0 aliphatic rings. The summed E-state index contributed by atoms with van der Waals surface area (Å²) in [5.41, 5.74) is -1.22. The second kappa shape index (κ2) is 6.58. The van der Waals surface area contributed by atoms with Crippen LogP contribution in [0.2, 0.25) is 0 Å². The highest BCUT2D eigenvalue weighted by Crippen LogP contribution is 2.15. The van der Waals surface area contributed by atoms with Crippen molar-refractivity contribution in [2.45, 2.75) is 18.9 Å². The van der Waals surface area contributed by atoms with Crippen LogP contribution >= 0.6 is 0 Å². The van der Waals surface area contributed by atoms with Gasteiger partial charge in [-0.3, -0.25) is 4.79 Å².